The van der Waals surface area contributed by atoms with Crippen LogP contribution in [0.3, 0.4) is 0 Å². The number of para-hydroxylation sites is 2. The first-order valence-corrected chi connectivity index (χ1v) is 8.56. The predicted molar refractivity (Wildman–Crippen MR) is 91.8 cm³/mol. The summed E-state index contributed by atoms with van der Waals surface area (Å²) in [7, 11) is 0. The Morgan fingerprint density at radius 2 is 1.52 bits per heavy atom. The third-order valence-electron chi connectivity index (χ3n) is 3.75. The molecule has 0 atom stereocenters. The summed E-state index contributed by atoms with van der Waals surface area (Å²) < 4.78 is 0. The maximum absolute atomic E-state index is 3.55. The average Bonchev–Trinajstić information content (AvgIpc) is 2.53. The molecule has 1 heterocycles. The lowest BCUT2D eigenvalue weighted by Crippen LogP contribution is -2.30. The van der Waals surface area contributed by atoms with Crippen molar-refractivity contribution in [2.75, 3.05) is 24.5 Å². The first-order chi connectivity index (χ1) is 10.4. The molecule has 2 aromatic rings. The number of benzene rings is 2. The van der Waals surface area contributed by atoms with Gasteiger partial charge >= 0.3 is 0 Å². The van der Waals surface area contributed by atoms with Crippen molar-refractivity contribution in [1.29, 1.82) is 0 Å². The van der Waals surface area contributed by atoms with Crippen LogP contribution >= 0.6 is 11.8 Å². The SMILES string of the molecule is CCCCNCCN1c2ccccc2Sc2ccccc21. The Labute approximate surface area is 131 Å². The molecule has 0 spiro atoms. The molecule has 0 aromatic heterocycles. The van der Waals surface area contributed by atoms with E-state index in [4.69, 9.17) is 0 Å². The third-order valence-corrected chi connectivity index (χ3v) is 4.88. The molecule has 1 N–H and O–H groups in total. The molecule has 3 heteroatoms. The zero-order chi connectivity index (χ0) is 14.5. The van der Waals surface area contributed by atoms with E-state index < -0.39 is 0 Å². The van der Waals surface area contributed by atoms with Crippen LogP contribution < -0.4 is 10.2 Å². The lowest BCUT2D eigenvalue weighted by Gasteiger charge is -2.32. The number of unbranched alkanes of at least 4 members (excludes halogenated alkanes) is 1. The zero-order valence-corrected chi connectivity index (χ0v) is 13.3. The van der Waals surface area contributed by atoms with Gasteiger partial charge in [0.2, 0.25) is 0 Å². The summed E-state index contributed by atoms with van der Waals surface area (Å²) in [6.45, 7) is 5.38. The van der Waals surface area contributed by atoms with Crippen molar-refractivity contribution < 1.29 is 0 Å². The number of nitrogens with zero attached hydrogens (tertiary/aromatic N) is 1. The van der Waals surface area contributed by atoms with E-state index in [0.29, 0.717) is 0 Å². The van der Waals surface area contributed by atoms with Gasteiger partial charge in [-0.3, -0.25) is 0 Å². The highest BCUT2D eigenvalue weighted by atomic mass is 32.2. The van der Waals surface area contributed by atoms with Gasteiger partial charge in [-0.05, 0) is 37.2 Å². The standard InChI is InChI=1S/C18H22N2S/c1-2-3-12-19-13-14-20-15-8-4-6-10-17(15)21-18-11-7-5-9-16(18)20/h4-11,19H,2-3,12-14H2,1H3. The van der Waals surface area contributed by atoms with Crippen LogP contribution in [0.5, 0.6) is 0 Å². The molecule has 0 amide bonds. The van der Waals surface area contributed by atoms with Gasteiger partial charge in [0.15, 0.2) is 0 Å². The Morgan fingerprint density at radius 3 is 2.14 bits per heavy atom. The minimum atomic E-state index is 1.01. The van der Waals surface area contributed by atoms with Gasteiger partial charge in [-0.2, -0.15) is 0 Å². The molecule has 0 unspecified atom stereocenters. The number of rotatable bonds is 6. The van der Waals surface area contributed by atoms with E-state index in [1.165, 1.54) is 34.0 Å². The van der Waals surface area contributed by atoms with Crippen LogP contribution in [0.4, 0.5) is 11.4 Å². The molecule has 0 saturated carbocycles. The molecule has 0 fully saturated rings. The second-order valence-corrected chi connectivity index (χ2v) is 6.38. The smallest absolute Gasteiger partial charge is 0.0553 e. The summed E-state index contributed by atoms with van der Waals surface area (Å²) in [5.74, 6) is 0. The molecule has 110 valence electrons. The van der Waals surface area contributed by atoms with Crippen molar-refractivity contribution in [2.45, 2.75) is 29.6 Å². The maximum Gasteiger partial charge on any atom is 0.0553 e. The van der Waals surface area contributed by atoms with Crippen molar-refractivity contribution in [3.63, 3.8) is 0 Å². The van der Waals surface area contributed by atoms with E-state index in [-0.39, 0.29) is 0 Å². The maximum atomic E-state index is 3.55. The zero-order valence-electron chi connectivity index (χ0n) is 12.5. The fraction of sp³-hybridized carbons (Fsp3) is 0.333. The van der Waals surface area contributed by atoms with Crippen LogP contribution in [0.15, 0.2) is 58.3 Å². The molecule has 21 heavy (non-hydrogen) atoms. The molecule has 0 aliphatic carbocycles. The van der Waals surface area contributed by atoms with E-state index >= 15 is 0 Å². The van der Waals surface area contributed by atoms with E-state index in [0.717, 1.165) is 19.6 Å². The molecule has 1 aliphatic rings. The monoisotopic (exact) mass is 298 g/mol. The Kier molecular flexibility index (Phi) is 4.84. The number of nitrogens with one attached hydrogen (secondary N) is 1. The normalized spacial score (nSPS) is 12.9. The van der Waals surface area contributed by atoms with Crippen molar-refractivity contribution >= 4 is 23.1 Å². The lowest BCUT2D eigenvalue weighted by atomic mass is 10.2. The average molecular weight is 298 g/mol. The molecule has 0 saturated heterocycles. The quantitative estimate of drug-likeness (QED) is 0.780. The number of fused-ring (bicyclic) bond motifs is 2. The largest absolute Gasteiger partial charge is 0.338 e. The van der Waals surface area contributed by atoms with E-state index in [2.05, 4.69) is 65.7 Å². The summed E-state index contributed by atoms with van der Waals surface area (Å²) in [5, 5.41) is 3.55. The third kappa shape index (κ3) is 3.25. The van der Waals surface area contributed by atoms with Crippen molar-refractivity contribution in [1.82, 2.24) is 5.32 Å². The van der Waals surface area contributed by atoms with Crippen LogP contribution in [-0.2, 0) is 0 Å². The van der Waals surface area contributed by atoms with Crippen LogP contribution in [0.2, 0.25) is 0 Å². The minimum absolute atomic E-state index is 1.01. The molecule has 3 rings (SSSR count). The minimum Gasteiger partial charge on any atom is -0.338 e. The van der Waals surface area contributed by atoms with Crippen molar-refractivity contribution in [3.8, 4) is 0 Å². The van der Waals surface area contributed by atoms with E-state index in [1.54, 1.807) is 0 Å². The molecule has 0 bridgehead atoms. The lowest BCUT2D eigenvalue weighted by molar-refractivity contribution is 0.640. The van der Waals surface area contributed by atoms with Gasteiger partial charge in [-0.25, -0.2) is 0 Å². The highest BCUT2D eigenvalue weighted by molar-refractivity contribution is 7.99. The first-order valence-electron chi connectivity index (χ1n) is 7.74. The summed E-state index contributed by atoms with van der Waals surface area (Å²) in [4.78, 5) is 5.15. The van der Waals surface area contributed by atoms with Gasteiger partial charge in [-0.1, -0.05) is 49.4 Å². The van der Waals surface area contributed by atoms with Crippen molar-refractivity contribution in [3.05, 3.63) is 48.5 Å². The predicted octanol–water partition coefficient (Wildman–Crippen LogP) is 4.68. The van der Waals surface area contributed by atoms with Gasteiger partial charge in [0.25, 0.3) is 0 Å². The van der Waals surface area contributed by atoms with Gasteiger partial charge in [-0.15, -0.1) is 0 Å². The first kappa shape index (κ1) is 14.5. The summed E-state index contributed by atoms with van der Waals surface area (Å²) in [5.41, 5.74) is 2.66. The fourth-order valence-electron chi connectivity index (χ4n) is 2.64. The molecule has 2 nitrogen and oxygen atoms in total. The van der Waals surface area contributed by atoms with Crippen LogP contribution in [0.25, 0.3) is 0 Å². The second-order valence-electron chi connectivity index (χ2n) is 5.29. The molecule has 0 radical (unpaired) electrons. The molecule has 2 aromatic carbocycles. The van der Waals surface area contributed by atoms with Gasteiger partial charge in [0, 0.05) is 22.9 Å². The summed E-state index contributed by atoms with van der Waals surface area (Å²) >= 11 is 1.87. The fourth-order valence-corrected chi connectivity index (χ4v) is 3.74. The number of anilines is 2. The van der Waals surface area contributed by atoms with Crippen LogP contribution in [-0.4, -0.2) is 19.6 Å². The van der Waals surface area contributed by atoms with Crippen LogP contribution in [0.1, 0.15) is 19.8 Å². The van der Waals surface area contributed by atoms with Gasteiger partial charge in [0.1, 0.15) is 0 Å². The molecular weight excluding hydrogens is 276 g/mol. The van der Waals surface area contributed by atoms with Gasteiger partial charge in [0.05, 0.1) is 11.4 Å². The summed E-state index contributed by atoms with van der Waals surface area (Å²) in [6.07, 6.45) is 2.50. The Balaban J connectivity index is 1.78. The summed E-state index contributed by atoms with van der Waals surface area (Å²) in [6, 6.07) is 17.4. The molecular formula is C18H22N2S. The van der Waals surface area contributed by atoms with Crippen molar-refractivity contribution in [2.24, 2.45) is 0 Å². The Morgan fingerprint density at radius 1 is 0.905 bits per heavy atom. The Hall–Kier alpha value is -1.45. The van der Waals surface area contributed by atoms with Crippen LogP contribution in [0, 0.1) is 0 Å². The number of hydrogen-bond acceptors (Lipinski definition) is 3. The second kappa shape index (κ2) is 7.01. The van der Waals surface area contributed by atoms with E-state index in [9.17, 15) is 0 Å². The van der Waals surface area contributed by atoms with E-state index in [1.807, 2.05) is 11.8 Å². The van der Waals surface area contributed by atoms with Gasteiger partial charge < -0.3 is 10.2 Å². The highest BCUT2D eigenvalue weighted by Crippen LogP contribution is 2.47. The number of hydrogen-bond donors (Lipinski definition) is 1. The topological polar surface area (TPSA) is 15.3 Å². The Bertz CT molecular complexity index is 552. The molecule has 1 aliphatic heterocycles. The highest BCUT2D eigenvalue weighted by Gasteiger charge is 2.21.